The zero-order valence-electron chi connectivity index (χ0n) is 6.80. The molecule has 2 rings (SSSR count). The predicted molar refractivity (Wildman–Crippen MR) is 44.3 cm³/mol. The number of aromatic carboxylic acids is 1. The summed E-state index contributed by atoms with van der Waals surface area (Å²) in [7, 11) is -1.50. The van der Waals surface area contributed by atoms with Gasteiger partial charge in [0.05, 0.1) is 5.56 Å². The molecule has 0 radical (unpaired) electrons. The maximum Gasteiger partial charge on any atom is 0.785 e. The van der Waals surface area contributed by atoms with Crippen molar-refractivity contribution in [2.45, 2.75) is 0 Å². The fourth-order valence-corrected chi connectivity index (χ4v) is 1.15. The molecule has 3 N–H and O–H groups in total. The maximum absolute atomic E-state index is 10.6. The van der Waals surface area contributed by atoms with E-state index in [0.717, 1.165) is 12.1 Å². The molecule has 0 saturated carbocycles. The number of carboxylic acids is 1. The standard InChI is InChI=1S/C7H5BO6/c9-4-1-3(7(10)11)2-5-6(4)14-8(12)13-5/h1-2,9,12H,(H,10,11). The van der Waals surface area contributed by atoms with Crippen molar-refractivity contribution >= 4 is 13.3 Å². The second-order valence-electron chi connectivity index (χ2n) is 2.67. The van der Waals surface area contributed by atoms with Crippen LogP contribution in [0.25, 0.3) is 0 Å². The average Bonchev–Trinajstić information content (AvgIpc) is 2.45. The summed E-state index contributed by atoms with van der Waals surface area (Å²) in [5.74, 6) is -1.62. The fourth-order valence-electron chi connectivity index (χ4n) is 1.15. The Morgan fingerprint density at radius 2 is 2.07 bits per heavy atom. The van der Waals surface area contributed by atoms with E-state index in [4.69, 9.17) is 10.1 Å². The van der Waals surface area contributed by atoms with Gasteiger partial charge in [0.2, 0.25) is 0 Å². The van der Waals surface area contributed by atoms with Crippen molar-refractivity contribution in [2.75, 3.05) is 0 Å². The summed E-state index contributed by atoms with van der Waals surface area (Å²) in [5.41, 5.74) is -0.140. The van der Waals surface area contributed by atoms with Crippen LogP contribution in [0.15, 0.2) is 12.1 Å². The van der Waals surface area contributed by atoms with Crippen molar-refractivity contribution < 1.29 is 29.3 Å². The van der Waals surface area contributed by atoms with Gasteiger partial charge in [-0.3, -0.25) is 0 Å². The topological polar surface area (TPSA) is 96.2 Å². The first kappa shape index (κ1) is 8.70. The van der Waals surface area contributed by atoms with E-state index in [1.807, 2.05) is 0 Å². The monoisotopic (exact) mass is 196 g/mol. The largest absolute Gasteiger partial charge is 0.785 e. The van der Waals surface area contributed by atoms with Gasteiger partial charge in [-0.15, -0.1) is 0 Å². The number of benzene rings is 1. The molecular weight excluding hydrogens is 191 g/mol. The average molecular weight is 196 g/mol. The van der Waals surface area contributed by atoms with E-state index in [2.05, 4.69) is 9.31 Å². The first-order valence-electron chi connectivity index (χ1n) is 3.69. The Kier molecular flexibility index (Phi) is 1.75. The Morgan fingerprint density at radius 3 is 2.71 bits per heavy atom. The van der Waals surface area contributed by atoms with Crippen LogP contribution < -0.4 is 9.31 Å². The number of aromatic hydroxyl groups is 1. The highest BCUT2D eigenvalue weighted by Crippen LogP contribution is 2.41. The van der Waals surface area contributed by atoms with Gasteiger partial charge in [-0.2, -0.15) is 0 Å². The molecule has 1 heterocycles. The van der Waals surface area contributed by atoms with Gasteiger partial charge in [0, 0.05) is 0 Å². The summed E-state index contributed by atoms with van der Waals surface area (Å²) >= 11 is 0. The summed E-state index contributed by atoms with van der Waals surface area (Å²) < 4.78 is 9.35. The SMILES string of the molecule is O=C(O)c1cc(O)c2c(c1)OB(O)O2. The molecule has 0 amide bonds. The lowest BCUT2D eigenvalue weighted by atomic mass is 10.2. The number of hydrogen-bond donors (Lipinski definition) is 3. The number of phenolic OH excluding ortho intramolecular Hbond substituents is 1. The first-order chi connectivity index (χ1) is 6.58. The molecule has 0 fully saturated rings. The number of carbonyl (C=O) groups is 1. The van der Waals surface area contributed by atoms with Crippen LogP contribution in [0.2, 0.25) is 0 Å². The van der Waals surface area contributed by atoms with Gasteiger partial charge in [0.25, 0.3) is 0 Å². The summed E-state index contributed by atoms with van der Waals surface area (Å²) in [4.78, 5) is 10.6. The molecule has 1 aromatic rings. The van der Waals surface area contributed by atoms with Gasteiger partial charge in [-0.05, 0) is 12.1 Å². The van der Waals surface area contributed by atoms with Crippen LogP contribution in [0, 0.1) is 0 Å². The van der Waals surface area contributed by atoms with Crippen molar-refractivity contribution in [2.24, 2.45) is 0 Å². The summed E-state index contributed by atoms with van der Waals surface area (Å²) in [5, 5.41) is 26.8. The van der Waals surface area contributed by atoms with E-state index < -0.39 is 13.3 Å². The summed E-state index contributed by atoms with van der Waals surface area (Å²) in [6, 6.07) is 2.18. The Hall–Kier alpha value is -1.89. The van der Waals surface area contributed by atoms with Crippen LogP contribution >= 0.6 is 0 Å². The quantitative estimate of drug-likeness (QED) is 0.540. The van der Waals surface area contributed by atoms with E-state index >= 15 is 0 Å². The molecule has 7 heteroatoms. The highest BCUT2D eigenvalue weighted by molar-refractivity contribution is 6.38. The third-order valence-electron chi connectivity index (χ3n) is 1.73. The third-order valence-corrected chi connectivity index (χ3v) is 1.73. The van der Waals surface area contributed by atoms with E-state index in [0.29, 0.717) is 0 Å². The number of hydrogen-bond acceptors (Lipinski definition) is 5. The molecule has 0 unspecified atom stereocenters. The zero-order chi connectivity index (χ0) is 10.3. The van der Waals surface area contributed by atoms with Crippen LogP contribution in [-0.4, -0.2) is 28.5 Å². The Balaban J connectivity index is 2.51. The molecule has 6 nitrogen and oxygen atoms in total. The minimum absolute atomic E-state index is 0.00917. The first-order valence-corrected chi connectivity index (χ1v) is 3.69. The molecule has 0 aromatic heterocycles. The lowest BCUT2D eigenvalue weighted by Gasteiger charge is -2.01. The normalized spacial score (nSPS) is 13.1. The molecule has 0 saturated heterocycles. The van der Waals surface area contributed by atoms with Crippen molar-refractivity contribution in [3.8, 4) is 17.2 Å². The minimum Gasteiger partial charge on any atom is -0.504 e. The van der Waals surface area contributed by atoms with Crippen LogP contribution in [0.3, 0.4) is 0 Å². The Labute approximate surface area is 78.5 Å². The summed E-state index contributed by atoms with van der Waals surface area (Å²) in [6.07, 6.45) is 0. The molecule has 72 valence electrons. The van der Waals surface area contributed by atoms with Gasteiger partial charge >= 0.3 is 13.3 Å². The highest BCUT2D eigenvalue weighted by Gasteiger charge is 2.34. The van der Waals surface area contributed by atoms with Crippen molar-refractivity contribution in [1.29, 1.82) is 0 Å². The molecule has 1 aliphatic heterocycles. The molecule has 0 aliphatic carbocycles. The predicted octanol–water partition coefficient (Wildman–Crippen LogP) is -0.161. The van der Waals surface area contributed by atoms with E-state index in [9.17, 15) is 9.90 Å². The van der Waals surface area contributed by atoms with Crippen LogP contribution in [0.5, 0.6) is 17.2 Å². The van der Waals surface area contributed by atoms with E-state index in [1.165, 1.54) is 0 Å². The van der Waals surface area contributed by atoms with Gasteiger partial charge in [-0.1, -0.05) is 0 Å². The van der Waals surface area contributed by atoms with E-state index in [-0.39, 0.29) is 22.8 Å². The highest BCUT2D eigenvalue weighted by atomic mass is 16.7. The number of phenols is 1. The zero-order valence-corrected chi connectivity index (χ0v) is 6.80. The van der Waals surface area contributed by atoms with Crippen LogP contribution in [0.4, 0.5) is 0 Å². The smallest absolute Gasteiger partial charge is 0.504 e. The van der Waals surface area contributed by atoms with Gasteiger partial charge in [0.1, 0.15) is 5.75 Å². The Bertz CT molecular complexity index is 403. The lowest BCUT2D eigenvalue weighted by Crippen LogP contribution is -2.23. The molecule has 1 aliphatic rings. The van der Waals surface area contributed by atoms with Gasteiger partial charge in [-0.25, -0.2) is 4.79 Å². The number of rotatable bonds is 1. The molecule has 14 heavy (non-hydrogen) atoms. The van der Waals surface area contributed by atoms with Crippen molar-refractivity contribution in [3.05, 3.63) is 17.7 Å². The van der Waals surface area contributed by atoms with Gasteiger partial charge < -0.3 is 24.5 Å². The molecule has 0 bridgehead atoms. The molecule has 1 aromatic carbocycles. The van der Waals surface area contributed by atoms with Crippen LogP contribution in [0.1, 0.15) is 10.4 Å². The second kappa shape index (κ2) is 2.81. The van der Waals surface area contributed by atoms with Crippen molar-refractivity contribution in [3.63, 3.8) is 0 Å². The van der Waals surface area contributed by atoms with E-state index in [1.54, 1.807) is 0 Å². The minimum atomic E-state index is -1.50. The third kappa shape index (κ3) is 1.23. The fraction of sp³-hybridized carbons (Fsp3) is 0. The second-order valence-corrected chi connectivity index (χ2v) is 2.67. The van der Waals surface area contributed by atoms with Gasteiger partial charge in [0.15, 0.2) is 11.5 Å². The Morgan fingerprint density at radius 1 is 1.36 bits per heavy atom. The number of fused-ring (bicyclic) bond motifs is 1. The maximum atomic E-state index is 10.6. The summed E-state index contributed by atoms with van der Waals surface area (Å²) in [6.45, 7) is 0. The van der Waals surface area contributed by atoms with Crippen molar-refractivity contribution in [1.82, 2.24) is 0 Å². The molecular formula is C7H5BO6. The lowest BCUT2D eigenvalue weighted by molar-refractivity contribution is 0.0696. The molecule has 0 atom stereocenters. The number of carboxylic acid groups (broad SMARTS) is 1. The van der Waals surface area contributed by atoms with Crippen LogP contribution in [-0.2, 0) is 0 Å². The molecule has 0 spiro atoms.